The average molecular weight is 489 g/mol. The summed E-state index contributed by atoms with van der Waals surface area (Å²) in [6, 6.07) is 7.41. The van der Waals surface area contributed by atoms with Crippen LogP contribution in [0.2, 0.25) is 0 Å². The molecule has 9 nitrogen and oxygen atoms in total. The van der Waals surface area contributed by atoms with Crippen molar-refractivity contribution in [2.75, 3.05) is 13.7 Å². The Labute approximate surface area is 200 Å². The molecule has 2 aromatic heterocycles. The van der Waals surface area contributed by atoms with E-state index in [1.54, 1.807) is 25.3 Å². The number of ether oxygens (including phenoxy) is 2. The highest BCUT2D eigenvalue weighted by Gasteiger charge is 2.29. The predicted molar refractivity (Wildman–Crippen MR) is 129 cm³/mol. The van der Waals surface area contributed by atoms with Gasteiger partial charge in [0.1, 0.15) is 23.5 Å². The molecular weight excluding hydrogens is 456 g/mol. The van der Waals surface area contributed by atoms with E-state index in [0.717, 1.165) is 28.1 Å². The quantitative estimate of drug-likeness (QED) is 0.398. The molecule has 0 aliphatic rings. The van der Waals surface area contributed by atoms with Crippen LogP contribution >= 0.6 is 0 Å². The van der Waals surface area contributed by atoms with E-state index in [2.05, 4.69) is 19.7 Å². The summed E-state index contributed by atoms with van der Waals surface area (Å²) in [6.45, 7) is 7.64. The van der Waals surface area contributed by atoms with Crippen LogP contribution in [0.3, 0.4) is 0 Å². The third-order valence-corrected chi connectivity index (χ3v) is 6.70. The van der Waals surface area contributed by atoms with Crippen molar-refractivity contribution >= 4 is 27.0 Å². The summed E-state index contributed by atoms with van der Waals surface area (Å²) in [5.74, 6) is 0.274. The highest BCUT2D eigenvalue weighted by molar-refractivity contribution is 7.89. The zero-order chi connectivity index (χ0) is 24.9. The van der Waals surface area contributed by atoms with Crippen molar-refractivity contribution in [1.29, 1.82) is 0 Å². The maximum Gasteiger partial charge on any atom is 0.324 e. The first kappa shape index (κ1) is 25.8. The molecular formula is C24H32N4O5S. The lowest BCUT2D eigenvalue weighted by Gasteiger charge is -2.21. The van der Waals surface area contributed by atoms with Crippen molar-refractivity contribution in [3.63, 3.8) is 0 Å². The summed E-state index contributed by atoms with van der Waals surface area (Å²) < 4.78 is 38.9. The molecule has 0 amide bonds. The molecule has 0 aliphatic heterocycles. The van der Waals surface area contributed by atoms with Crippen molar-refractivity contribution in [2.24, 2.45) is 5.92 Å². The van der Waals surface area contributed by atoms with Crippen molar-refractivity contribution in [3.05, 3.63) is 53.6 Å². The summed E-state index contributed by atoms with van der Waals surface area (Å²) in [5.41, 5.74) is 3.41. The van der Waals surface area contributed by atoms with Crippen molar-refractivity contribution in [1.82, 2.24) is 19.7 Å². The van der Waals surface area contributed by atoms with Gasteiger partial charge in [-0.05, 0) is 49.9 Å². The molecule has 0 saturated carbocycles. The molecule has 3 rings (SSSR count). The van der Waals surface area contributed by atoms with Crippen LogP contribution in [0.25, 0.3) is 11.0 Å². The molecule has 0 radical (unpaired) electrons. The monoisotopic (exact) mass is 488 g/mol. The molecule has 0 aliphatic carbocycles. The molecule has 3 aromatic rings. The van der Waals surface area contributed by atoms with Crippen molar-refractivity contribution in [2.45, 2.75) is 57.6 Å². The summed E-state index contributed by atoms with van der Waals surface area (Å²) >= 11 is 0. The number of carbonyl (C=O) groups is 1. The Morgan fingerprint density at radius 3 is 2.50 bits per heavy atom. The molecule has 0 bridgehead atoms. The van der Waals surface area contributed by atoms with Gasteiger partial charge >= 0.3 is 5.97 Å². The maximum atomic E-state index is 13.0. The Balaban J connectivity index is 1.75. The van der Waals surface area contributed by atoms with Gasteiger partial charge in [-0.1, -0.05) is 26.0 Å². The fourth-order valence-corrected chi connectivity index (χ4v) is 4.89. The molecule has 10 heteroatoms. The van der Waals surface area contributed by atoms with Gasteiger partial charge in [-0.2, -0.15) is 4.72 Å². The molecule has 2 N–H and O–H groups in total. The Bertz CT molecular complexity index is 1220. The van der Waals surface area contributed by atoms with Crippen LogP contribution in [-0.4, -0.2) is 55.2 Å². The molecule has 2 atom stereocenters. The number of esters is 1. The maximum absolute atomic E-state index is 13.0. The first-order valence-electron chi connectivity index (χ1n) is 11.2. The molecule has 0 spiro atoms. The minimum atomic E-state index is -3.93. The number of fused-ring (bicyclic) bond motifs is 1. The van der Waals surface area contributed by atoms with Crippen LogP contribution in [0, 0.1) is 12.8 Å². The van der Waals surface area contributed by atoms with Crippen LogP contribution in [0.15, 0.2) is 41.4 Å². The number of rotatable bonds is 11. The normalized spacial score (nSPS) is 13.8. The largest absolute Gasteiger partial charge is 0.459 e. The van der Waals surface area contributed by atoms with Crippen LogP contribution in [-0.2, 0) is 30.7 Å². The lowest BCUT2D eigenvalue weighted by atomic mass is 10.0. The van der Waals surface area contributed by atoms with E-state index in [9.17, 15) is 13.2 Å². The van der Waals surface area contributed by atoms with E-state index >= 15 is 0 Å². The average Bonchev–Trinajstić information content (AvgIpc) is 3.14. The summed E-state index contributed by atoms with van der Waals surface area (Å²) in [6.07, 6.45) is 2.07. The minimum Gasteiger partial charge on any atom is -0.459 e. The Kier molecular flexibility index (Phi) is 8.40. The number of nitrogens with zero attached hydrogens (tertiary/aromatic N) is 2. The smallest absolute Gasteiger partial charge is 0.324 e. The third-order valence-electron chi connectivity index (χ3n) is 5.21. The first-order valence-corrected chi connectivity index (χ1v) is 12.7. The number of hydrogen-bond acceptors (Lipinski definition) is 7. The number of sulfonamides is 1. The number of aromatic amines is 1. The predicted octanol–water partition coefficient (Wildman–Crippen LogP) is 3.13. The van der Waals surface area contributed by atoms with Crippen LogP contribution in [0.5, 0.6) is 0 Å². The van der Waals surface area contributed by atoms with E-state index in [1.165, 1.54) is 19.2 Å². The fourth-order valence-electron chi connectivity index (χ4n) is 3.69. The van der Waals surface area contributed by atoms with Gasteiger partial charge < -0.3 is 14.5 Å². The first-order chi connectivity index (χ1) is 16.1. The Morgan fingerprint density at radius 2 is 1.85 bits per heavy atom. The standard InChI is InChI=1S/C24H32N4O5S/c1-15(2)12-22(24(29)33-16(3)14-32-5)28-34(30,31)19-8-6-18(7-9-19)13-21-23-20(10-11-25-21)26-17(4)27-23/h6-11,15-16,22,28H,12-14H2,1-5H3,(H,26,27)/t16?,22-/m0/s1. The number of carbonyl (C=O) groups excluding carboxylic acids is 1. The summed E-state index contributed by atoms with van der Waals surface area (Å²) in [7, 11) is -2.43. The molecule has 2 heterocycles. The zero-order valence-electron chi connectivity index (χ0n) is 20.2. The number of benzene rings is 1. The van der Waals surface area contributed by atoms with E-state index in [4.69, 9.17) is 9.47 Å². The number of H-pyrrole nitrogens is 1. The Hall–Kier alpha value is -2.82. The number of nitrogens with one attached hydrogen (secondary N) is 2. The number of imidazole rings is 1. The second-order valence-corrected chi connectivity index (χ2v) is 10.5. The van der Waals surface area contributed by atoms with Gasteiger partial charge in [-0.25, -0.2) is 13.4 Å². The van der Waals surface area contributed by atoms with E-state index in [1.807, 2.05) is 26.8 Å². The number of aryl methyl sites for hydroxylation is 1. The lowest BCUT2D eigenvalue weighted by Crippen LogP contribution is -2.43. The van der Waals surface area contributed by atoms with Crippen LogP contribution in [0.4, 0.5) is 0 Å². The lowest BCUT2D eigenvalue weighted by molar-refractivity contribution is -0.153. The van der Waals surface area contributed by atoms with Gasteiger partial charge in [0.25, 0.3) is 0 Å². The third kappa shape index (κ3) is 6.62. The molecule has 0 fully saturated rings. The van der Waals surface area contributed by atoms with Gasteiger partial charge in [-0.3, -0.25) is 9.78 Å². The molecule has 1 aromatic carbocycles. The molecule has 1 unspecified atom stereocenters. The highest BCUT2D eigenvalue weighted by Crippen LogP contribution is 2.19. The number of aromatic nitrogens is 3. The van der Waals surface area contributed by atoms with Gasteiger partial charge in [0.15, 0.2) is 0 Å². The number of methoxy groups -OCH3 is 1. The molecule has 34 heavy (non-hydrogen) atoms. The Morgan fingerprint density at radius 1 is 1.15 bits per heavy atom. The number of hydrogen-bond donors (Lipinski definition) is 2. The summed E-state index contributed by atoms with van der Waals surface area (Å²) in [5, 5.41) is 0. The molecule has 0 saturated heterocycles. The van der Waals surface area contributed by atoms with Gasteiger partial charge in [0.2, 0.25) is 10.0 Å². The van der Waals surface area contributed by atoms with Crippen LogP contribution in [0.1, 0.15) is 44.3 Å². The van der Waals surface area contributed by atoms with E-state index in [-0.39, 0.29) is 17.4 Å². The van der Waals surface area contributed by atoms with E-state index in [0.29, 0.717) is 12.8 Å². The SMILES string of the molecule is COCC(C)OC(=O)[C@H](CC(C)C)NS(=O)(=O)c1ccc(Cc2nccc3[nH]c(C)nc23)cc1. The van der Waals surface area contributed by atoms with E-state index < -0.39 is 28.1 Å². The van der Waals surface area contributed by atoms with Crippen LogP contribution < -0.4 is 4.72 Å². The second-order valence-electron chi connectivity index (χ2n) is 8.80. The topological polar surface area (TPSA) is 123 Å². The zero-order valence-corrected chi connectivity index (χ0v) is 21.0. The highest BCUT2D eigenvalue weighted by atomic mass is 32.2. The fraction of sp³-hybridized carbons (Fsp3) is 0.458. The van der Waals surface area contributed by atoms with Gasteiger partial charge in [0, 0.05) is 19.7 Å². The molecule has 184 valence electrons. The number of pyridine rings is 1. The van der Waals surface area contributed by atoms with Gasteiger partial charge in [0.05, 0.1) is 22.7 Å². The van der Waals surface area contributed by atoms with Crippen molar-refractivity contribution in [3.8, 4) is 0 Å². The van der Waals surface area contributed by atoms with Crippen molar-refractivity contribution < 1.29 is 22.7 Å². The minimum absolute atomic E-state index is 0.0736. The second kappa shape index (κ2) is 11.1. The summed E-state index contributed by atoms with van der Waals surface area (Å²) in [4.78, 5) is 24.8. The van der Waals surface area contributed by atoms with Gasteiger partial charge in [-0.15, -0.1) is 0 Å².